The quantitative estimate of drug-likeness (QED) is 0.632. The van der Waals surface area contributed by atoms with Crippen LogP contribution in [0.5, 0.6) is 0 Å². The van der Waals surface area contributed by atoms with Gasteiger partial charge < -0.3 is 5.73 Å². The average molecular weight is 395 g/mol. The highest BCUT2D eigenvalue weighted by Gasteiger charge is 2.26. The highest BCUT2D eigenvalue weighted by molar-refractivity contribution is 7.88. The number of hydrogen-bond donors (Lipinski definition) is 2. The molecule has 0 aliphatic carbocycles. The molecule has 0 fully saturated rings. The Morgan fingerprint density at radius 2 is 1.32 bits per heavy atom. The first-order valence-corrected chi connectivity index (χ1v) is 10.9. The van der Waals surface area contributed by atoms with Crippen LogP contribution >= 0.6 is 0 Å². The number of sulfonamides is 1. The van der Waals surface area contributed by atoms with E-state index in [1.165, 1.54) is 0 Å². The van der Waals surface area contributed by atoms with Gasteiger partial charge in [0.05, 0.1) is 17.8 Å². The molecular formula is C23H26N2O2S. The highest BCUT2D eigenvalue weighted by Crippen LogP contribution is 2.28. The SMILES string of the molecule is Cc1cc(C)cc(CS(=O)(=O)NC(c2ccccc2)C(N)c2ccccc2)c1. The summed E-state index contributed by atoms with van der Waals surface area (Å²) in [6, 6.07) is 23.8. The molecule has 3 aromatic rings. The molecule has 0 aromatic heterocycles. The summed E-state index contributed by atoms with van der Waals surface area (Å²) in [5.41, 5.74) is 11.1. The maximum Gasteiger partial charge on any atom is 0.216 e. The van der Waals surface area contributed by atoms with Crippen LogP contribution in [0, 0.1) is 13.8 Å². The molecule has 0 aliphatic rings. The van der Waals surface area contributed by atoms with Gasteiger partial charge in [0, 0.05) is 0 Å². The minimum atomic E-state index is -3.60. The van der Waals surface area contributed by atoms with Crippen LogP contribution in [-0.2, 0) is 15.8 Å². The van der Waals surface area contributed by atoms with Gasteiger partial charge in [-0.3, -0.25) is 0 Å². The number of benzene rings is 3. The Morgan fingerprint density at radius 1 is 0.821 bits per heavy atom. The van der Waals surface area contributed by atoms with E-state index >= 15 is 0 Å². The second kappa shape index (κ2) is 8.69. The molecule has 0 saturated carbocycles. The van der Waals surface area contributed by atoms with Crippen molar-refractivity contribution in [2.24, 2.45) is 5.73 Å². The predicted molar refractivity (Wildman–Crippen MR) is 114 cm³/mol. The molecule has 3 rings (SSSR count). The number of nitrogens with two attached hydrogens (primary N) is 1. The van der Waals surface area contributed by atoms with Crippen LogP contribution in [-0.4, -0.2) is 8.42 Å². The zero-order valence-corrected chi connectivity index (χ0v) is 17.0. The van der Waals surface area contributed by atoms with Gasteiger partial charge in [0.25, 0.3) is 0 Å². The lowest BCUT2D eigenvalue weighted by molar-refractivity contribution is 0.503. The molecule has 3 aromatic carbocycles. The second-order valence-corrected chi connectivity index (χ2v) is 8.95. The fraction of sp³-hybridized carbons (Fsp3) is 0.217. The van der Waals surface area contributed by atoms with Crippen molar-refractivity contribution in [1.29, 1.82) is 0 Å². The summed E-state index contributed by atoms with van der Waals surface area (Å²) >= 11 is 0. The molecule has 146 valence electrons. The number of nitrogens with one attached hydrogen (secondary N) is 1. The van der Waals surface area contributed by atoms with E-state index in [0.29, 0.717) is 0 Å². The summed E-state index contributed by atoms with van der Waals surface area (Å²) in [6.45, 7) is 3.93. The van der Waals surface area contributed by atoms with Crippen LogP contribution in [0.1, 0.15) is 39.9 Å². The second-order valence-electron chi connectivity index (χ2n) is 7.20. The van der Waals surface area contributed by atoms with Crippen LogP contribution in [0.15, 0.2) is 78.9 Å². The van der Waals surface area contributed by atoms with Crippen molar-refractivity contribution < 1.29 is 8.42 Å². The van der Waals surface area contributed by atoms with Gasteiger partial charge in [0.2, 0.25) is 10.0 Å². The van der Waals surface area contributed by atoms with Crippen molar-refractivity contribution >= 4 is 10.0 Å². The lowest BCUT2D eigenvalue weighted by Crippen LogP contribution is -2.36. The Bertz CT molecular complexity index is 999. The molecule has 0 aliphatic heterocycles. The third-order valence-electron chi connectivity index (χ3n) is 4.65. The predicted octanol–water partition coefficient (Wildman–Crippen LogP) is 4.16. The lowest BCUT2D eigenvalue weighted by Gasteiger charge is -2.26. The zero-order valence-electron chi connectivity index (χ0n) is 16.2. The molecule has 2 atom stereocenters. The molecule has 0 heterocycles. The first-order chi connectivity index (χ1) is 13.3. The monoisotopic (exact) mass is 394 g/mol. The molecular weight excluding hydrogens is 368 g/mol. The molecule has 0 amide bonds. The van der Waals surface area contributed by atoms with Crippen molar-refractivity contribution in [1.82, 2.24) is 4.72 Å². The fourth-order valence-corrected chi connectivity index (χ4v) is 4.84. The number of rotatable bonds is 7. The summed E-state index contributed by atoms with van der Waals surface area (Å²) in [4.78, 5) is 0. The van der Waals surface area contributed by atoms with Crippen LogP contribution in [0.3, 0.4) is 0 Å². The molecule has 0 radical (unpaired) electrons. The van der Waals surface area contributed by atoms with Gasteiger partial charge in [0.1, 0.15) is 0 Å². The lowest BCUT2D eigenvalue weighted by atomic mass is 9.95. The normalized spacial score (nSPS) is 13.8. The van der Waals surface area contributed by atoms with E-state index in [2.05, 4.69) is 4.72 Å². The van der Waals surface area contributed by atoms with E-state index in [1.807, 2.05) is 92.7 Å². The largest absolute Gasteiger partial charge is 0.322 e. The van der Waals surface area contributed by atoms with Crippen molar-refractivity contribution in [3.8, 4) is 0 Å². The highest BCUT2D eigenvalue weighted by atomic mass is 32.2. The van der Waals surface area contributed by atoms with Crippen molar-refractivity contribution in [3.05, 3.63) is 107 Å². The maximum atomic E-state index is 13.0. The van der Waals surface area contributed by atoms with Crippen molar-refractivity contribution in [2.75, 3.05) is 0 Å². The third-order valence-corrected chi connectivity index (χ3v) is 5.97. The summed E-state index contributed by atoms with van der Waals surface area (Å²) in [5.74, 6) is -0.0830. The van der Waals surface area contributed by atoms with Crippen molar-refractivity contribution in [3.63, 3.8) is 0 Å². The molecule has 4 nitrogen and oxygen atoms in total. The number of aryl methyl sites for hydroxylation is 2. The molecule has 0 spiro atoms. The van der Waals surface area contributed by atoms with Gasteiger partial charge in [-0.2, -0.15) is 0 Å². The first-order valence-electron chi connectivity index (χ1n) is 9.27. The Hall–Kier alpha value is -2.47. The van der Waals surface area contributed by atoms with Crippen LogP contribution in [0.2, 0.25) is 0 Å². The summed E-state index contributed by atoms with van der Waals surface area (Å²) in [7, 11) is -3.60. The van der Waals surface area contributed by atoms with Gasteiger partial charge in [-0.15, -0.1) is 0 Å². The minimum absolute atomic E-state index is 0.0830. The smallest absolute Gasteiger partial charge is 0.216 e. The van der Waals surface area contributed by atoms with E-state index in [1.54, 1.807) is 0 Å². The van der Waals surface area contributed by atoms with Gasteiger partial charge >= 0.3 is 0 Å². The topological polar surface area (TPSA) is 72.2 Å². The van der Waals surface area contributed by atoms with E-state index < -0.39 is 22.1 Å². The minimum Gasteiger partial charge on any atom is -0.322 e. The first kappa shape index (κ1) is 20.3. The summed E-state index contributed by atoms with van der Waals surface area (Å²) in [5, 5.41) is 0. The van der Waals surface area contributed by atoms with Gasteiger partial charge in [-0.05, 0) is 30.5 Å². The van der Waals surface area contributed by atoms with Crippen LogP contribution in [0.4, 0.5) is 0 Å². The summed E-state index contributed by atoms with van der Waals surface area (Å²) < 4.78 is 28.8. The van der Waals surface area contributed by atoms with Gasteiger partial charge in [0.15, 0.2) is 0 Å². The fourth-order valence-electron chi connectivity index (χ4n) is 3.48. The molecule has 2 unspecified atom stereocenters. The Labute approximate surface area is 167 Å². The van der Waals surface area contributed by atoms with Crippen LogP contribution < -0.4 is 10.5 Å². The average Bonchev–Trinajstić information content (AvgIpc) is 2.66. The summed E-state index contributed by atoms with van der Waals surface area (Å²) in [6.07, 6.45) is 0. The Balaban J connectivity index is 1.90. The molecule has 0 bridgehead atoms. The van der Waals surface area contributed by atoms with Crippen LogP contribution in [0.25, 0.3) is 0 Å². The Morgan fingerprint density at radius 3 is 1.86 bits per heavy atom. The zero-order chi connectivity index (χ0) is 20.1. The standard InChI is InChI=1S/C23H26N2O2S/c1-17-13-18(2)15-19(14-17)16-28(26,27)25-23(21-11-7-4-8-12-21)22(24)20-9-5-3-6-10-20/h3-15,22-23,25H,16,24H2,1-2H3. The maximum absolute atomic E-state index is 13.0. The number of hydrogen-bond acceptors (Lipinski definition) is 3. The Kier molecular flexibility index (Phi) is 6.29. The van der Waals surface area contributed by atoms with E-state index in [0.717, 1.165) is 27.8 Å². The molecule has 28 heavy (non-hydrogen) atoms. The van der Waals surface area contributed by atoms with E-state index in [9.17, 15) is 8.42 Å². The van der Waals surface area contributed by atoms with Gasteiger partial charge in [-0.1, -0.05) is 90.0 Å². The van der Waals surface area contributed by atoms with Crippen molar-refractivity contribution in [2.45, 2.75) is 31.7 Å². The van der Waals surface area contributed by atoms with E-state index in [4.69, 9.17) is 5.73 Å². The molecule has 5 heteroatoms. The molecule has 0 saturated heterocycles. The van der Waals surface area contributed by atoms with E-state index in [-0.39, 0.29) is 5.75 Å². The third kappa shape index (κ3) is 5.29. The van der Waals surface area contributed by atoms with Gasteiger partial charge in [-0.25, -0.2) is 13.1 Å². The molecule has 3 N–H and O–H groups in total.